The van der Waals surface area contributed by atoms with Crippen LogP contribution in [-0.2, 0) is 14.8 Å². The summed E-state index contributed by atoms with van der Waals surface area (Å²) in [4.78, 5) is 12.2. The molecule has 6 nitrogen and oxygen atoms in total. The van der Waals surface area contributed by atoms with E-state index >= 15 is 0 Å². The fraction of sp³-hybridized carbons (Fsp3) is 0.316. The van der Waals surface area contributed by atoms with Gasteiger partial charge in [-0.1, -0.05) is 23.8 Å². The van der Waals surface area contributed by atoms with E-state index in [9.17, 15) is 13.2 Å². The van der Waals surface area contributed by atoms with E-state index in [4.69, 9.17) is 4.74 Å². The summed E-state index contributed by atoms with van der Waals surface area (Å²) in [5.41, 5.74) is 1.59. The number of aryl methyl sites for hydroxylation is 1. The Labute approximate surface area is 153 Å². The van der Waals surface area contributed by atoms with Gasteiger partial charge >= 0.3 is 0 Å². The zero-order valence-corrected chi connectivity index (χ0v) is 15.4. The van der Waals surface area contributed by atoms with Crippen LogP contribution < -0.4 is 14.8 Å². The summed E-state index contributed by atoms with van der Waals surface area (Å²) < 4.78 is 32.6. The number of carbonyl (C=O) groups excluding carboxylic acids is 1. The molecule has 0 radical (unpaired) electrons. The van der Waals surface area contributed by atoms with Gasteiger partial charge in [-0.2, -0.15) is 0 Å². The summed E-state index contributed by atoms with van der Waals surface area (Å²) in [7, 11) is -3.54. The van der Waals surface area contributed by atoms with Crippen molar-refractivity contribution in [2.45, 2.75) is 37.1 Å². The van der Waals surface area contributed by atoms with Crippen LogP contribution in [0.2, 0.25) is 0 Å². The Bertz CT molecular complexity index is 875. The normalized spacial score (nSPS) is 14.0. The maximum Gasteiger partial charge on any atom is 0.240 e. The average Bonchev–Trinajstić information content (AvgIpc) is 3.40. The van der Waals surface area contributed by atoms with Gasteiger partial charge in [0.05, 0.1) is 17.9 Å². The largest absolute Gasteiger partial charge is 0.493 e. The first-order valence-corrected chi connectivity index (χ1v) is 10.0. The van der Waals surface area contributed by atoms with Crippen LogP contribution in [0.15, 0.2) is 53.4 Å². The molecule has 0 atom stereocenters. The molecule has 0 heterocycles. The topological polar surface area (TPSA) is 84.5 Å². The summed E-state index contributed by atoms with van der Waals surface area (Å²) in [6, 6.07) is 13.9. The maximum atomic E-state index is 12.2. The van der Waals surface area contributed by atoms with Gasteiger partial charge < -0.3 is 10.1 Å². The van der Waals surface area contributed by atoms with E-state index in [0.29, 0.717) is 11.4 Å². The van der Waals surface area contributed by atoms with Gasteiger partial charge in [0.15, 0.2) is 0 Å². The standard InChI is InChI=1S/C19H22N2O4S/c1-14-5-9-17(10-6-14)25-12-11-19(22)20-16-3-2-4-18(13-16)26(23,24)21-15-7-8-15/h2-6,9-10,13,15,21H,7-8,11-12H2,1H3,(H,20,22). The summed E-state index contributed by atoms with van der Waals surface area (Å²) in [6.45, 7) is 2.24. The minimum atomic E-state index is -3.54. The van der Waals surface area contributed by atoms with Crippen LogP contribution in [0.3, 0.4) is 0 Å². The lowest BCUT2D eigenvalue weighted by Gasteiger charge is -2.10. The van der Waals surface area contributed by atoms with E-state index in [1.807, 2.05) is 31.2 Å². The van der Waals surface area contributed by atoms with Crippen molar-refractivity contribution in [3.63, 3.8) is 0 Å². The Morgan fingerprint density at radius 2 is 1.88 bits per heavy atom. The van der Waals surface area contributed by atoms with Gasteiger partial charge in [-0.05, 0) is 50.1 Å². The van der Waals surface area contributed by atoms with E-state index in [1.54, 1.807) is 12.1 Å². The fourth-order valence-corrected chi connectivity index (χ4v) is 3.70. The zero-order chi connectivity index (χ0) is 18.6. The van der Waals surface area contributed by atoms with E-state index in [-0.39, 0.29) is 29.9 Å². The van der Waals surface area contributed by atoms with Gasteiger partial charge in [-0.3, -0.25) is 4.79 Å². The molecule has 2 N–H and O–H groups in total. The van der Waals surface area contributed by atoms with Gasteiger partial charge in [0, 0.05) is 11.7 Å². The number of rotatable bonds is 8. The van der Waals surface area contributed by atoms with Crippen LogP contribution in [0, 0.1) is 6.92 Å². The van der Waals surface area contributed by atoms with E-state index in [0.717, 1.165) is 18.4 Å². The lowest BCUT2D eigenvalue weighted by molar-refractivity contribution is -0.116. The Morgan fingerprint density at radius 3 is 2.58 bits per heavy atom. The maximum absolute atomic E-state index is 12.2. The molecule has 0 bridgehead atoms. The quantitative estimate of drug-likeness (QED) is 0.744. The van der Waals surface area contributed by atoms with Crippen molar-refractivity contribution in [1.29, 1.82) is 0 Å². The Morgan fingerprint density at radius 1 is 1.15 bits per heavy atom. The molecule has 2 aromatic carbocycles. The van der Waals surface area contributed by atoms with Crippen molar-refractivity contribution < 1.29 is 17.9 Å². The molecule has 1 aliphatic rings. The first-order chi connectivity index (χ1) is 12.4. The molecule has 1 fully saturated rings. The highest BCUT2D eigenvalue weighted by molar-refractivity contribution is 7.89. The van der Waals surface area contributed by atoms with Crippen LogP contribution in [-0.4, -0.2) is 27.0 Å². The predicted molar refractivity (Wildman–Crippen MR) is 99.7 cm³/mol. The molecular formula is C19H22N2O4S. The zero-order valence-electron chi connectivity index (χ0n) is 14.6. The van der Waals surface area contributed by atoms with Crippen LogP contribution in [0.1, 0.15) is 24.8 Å². The SMILES string of the molecule is Cc1ccc(OCCC(=O)Nc2cccc(S(=O)(=O)NC3CC3)c2)cc1. The van der Waals surface area contributed by atoms with Crippen molar-refractivity contribution in [2.24, 2.45) is 0 Å². The molecular weight excluding hydrogens is 352 g/mol. The molecule has 1 aliphatic carbocycles. The van der Waals surface area contributed by atoms with Crippen molar-refractivity contribution in [2.75, 3.05) is 11.9 Å². The first-order valence-electron chi connectivity index (χ1n) is 8.54. The minimum absolute atomic E-state index is 0.0390. The lowest BCUT2D eigenvalue weighted by Crippen LogP contribution is -2.25. The van der Waals surface area contributed by atoms with Crippen molar-refractivity contribution in [1.82, 2.24) is 4.72 Å². The lowest BCUT2D eigenvalue weighted by atomic mass is 10.2. The molecule has 0 aliphatic heterocycles. The molecule has 7 heteroatoms. The molecule has 0 aromatic heterocycles. The third-order valence-electron chi connectivity index (χ3n) is 3.95. The number of hydrogen-bond donors (Lipinski definition) is 2. The second kappa shape index (κ2) is 7.88. The van der Waals surface area contributed by atoms with Crippen molar-refractivity contribution in [3.05, 3.63) is 54.1 Å². The predicted octanol–water partition coefficient (Wildman–Crippen LogP) is 2.84. The van der Waals surface area contributed by atoms with Gasteiger partial charge in [-0.25, -0.2) is 13.1 Å². The van der Waals surface area contributed by atoms with Gasteiger partial charge in [0.2, 0.25) is 15.9 Å². The molecule has 2 aromatic rings. The molecule has 3 rings (SSSR count). The highest BCUT2D eigenvalue weighted by Gasteiger charge is 2.28. The minimum Gasteiger partial charge on any atom is -0.493 e. The summed E-state index contributed by atoms with van der Waals surface area (Å²) >= 11 is 0. The molecule has 0 spiro atoms. The number of ether oxygens (including phenoxy) is 1. The number of hydrogen-bond acceptors (Lipinski definition) is 4. The third-order valence-corrected chi connectivity index (χ3v) is 5.46. The average molecular weight is 374 g/mol. The van der Waals surface area contributed by atoms with Crippen molar-refractivity contribution in [3.8, 4) is 5.75 Å². The molecule has 1 amide bonds. The van der Waals surface area contributed by atoms with E-state index in [2.05, 4.69) is 10.0 Å². The monoisotopic (exact) mass is 374 g/mol. The summed E-state index contributed by atoms with van der Waals surface area (Å²) in [6.07, 6.45) is 1.92. The molecule has 26 heavy (non-hydrogen) atoms. The second-order valence-corrected chi connectivity index (χ2v) is 8.10. The Kier molecular flexibility index (Phi) is 5.58. The van der Waals surface area contributed by atoms with Crippen LogP contribution in [0.4, 0.5) is 5.69 Å². The highest BCUT2D eigenvalue weighted by atomic mass is 32.2. The summed E-state index contributed by atoms with van der Waals surface area (Å²) in [5, 5.41) is 2.71. The van der Waals surface area contributed by atoms with Crippen LogP contribution in [0.5, 0.6) is 5.75 Å². The van der Waals surface area contributed by atoms with Crippen LogP contribution >= 0.6 is 0 Å². The smallest absolute Gasteiger partial charge is 0.240 e. The van der Waals surface area contributed by atoms with Gasteiger partial charge in [-0.15, -0.1) is 0 Å². The number of benzene rings is 2. The van der Waals surface area contributed by atoms with Gasteiger partial charge in [0.1, 0.15) is 5.75 Å². The second-order valence-electron chi connectivity index (χ2n) is 6.38. The highest BCUT2D eigenvalue weighted by Crippen LogP contribution is 2.23. The van der Waals surface area contributed by atoms with Gasteiger partial charge in [0.25, 0.3) is 0 Å². The number of amides is 1. The van der Waals surface area contributed by atoms with Crippen molar-refractivity contribution >= 4 is 21.6 Å². The summed E-state index contributed by atoms with van der Waals surface area (Å²) in [5.74, 6) is 0.476. The number of carbonyl (C=O) groups is 1. The molecule has 1 saturated carbocycles. The first kappa shape index (κ1) is 18.4. The molecule has 138 valence electrons. The molecule has 0 unspecified atom stereocenters. The third kappa shape index (κ3) is 5.31. The van der Waals surface area contributed by atoms with E-state index in [1.165, 1.54) is 12.1 Å². The number of anilines is 1. The Hall–Kier alpha value is -2.38. The molecule has 0 saturated heterocycles. The van der Waals surface area contributed by atoms with E-state index < -0.39 is 10.0 Å². The fourth-order valence-electron chi connectivity index (χ4n) is 2.35. The van der Waals surface area contributed by atoms with Crippen LogP contribution in [0.25, 0.3) is 0 Å². The Balaban J connectivity index is 1.52. The number of nitrogens with one attached hydrogen (secondary N) is 2. The number of sulfonamides is 1.